The molecule has 0 radical (unpaired) electrons. The van der Waals surface area contributed by atoms with Gasteiger partial charge in [-0.05, 0) is 24.3 Å². The molecule has 0 aromatic rings. The summed E-state index contributed by atoms with van der Waals surface area (Å²) in [5.41, 5.74) is -0.373. The topological polar surface area (TPSA) is 101 Å². The SMILES string of the molecule is O=c1ccc2oc3/c(=C/O)c(=O)ccc=3oc=2/c1=C/O. The fraction of sp³-hybridized carbons (Fsp3) is 0. The summed E-state index contributed by atoms with van der Waals surface area (Å²) in [4.78, 5) is 23.2. The second-order valence-corrected chi connectivity index (χ2v) is 4.07. The molecule has 3 aliphatic rings. The molecule has 6 nitrogen and oxygen atoms in total. The average Bonchev–Trinajstić information content (AvgIpc) is 2.45. The minimum Gasteiger partial charge on any atom is -0.515 e. The highest BCUT2D eigenvalue weighted by Crippen LogP contribution is 1.98. The van der Waals surface area contributed by atoms with Crippen molar-refractivity contribution in [3.05, 3.63) is 76.8 Å². The molecular formula is C14H8O6. The lowest BCUT2D eigenvalue weighted by atomic mass is 10.3. The van der Waals surface area contributed by atoms with Gasteiger partial charge in [0.25, 0.3) is 0 Å². The molecule has 0 bridgehead atoms. The fourth-order valence-electron chi connectivity index (χ4n) is 1.96. The maximum absolute atomic E-state index is 11.6. The minimum atomic E-state index is -0.423. The Bertz CT molecular complexity index is 1060. The Morgan fingerprint density at radius 1 is 0.750 bits per heavy atom. The van der Waals surface area contributed by atoms with Gasteiger partial charge in [0.05, 0.1) is 12.5 Å². The van der Waals surface area contributed by atoms with Crippen LogP contribution in [0.15, 0.2) is 42.7 Å². The third kappa shape index (κ3) is 1.58. The Labute approximate surface area is 109 Å². The van der Waals surface area contributed by atoms with E-state index in [0.29, 0.717) is 12.5 Å². The first-order valence-corrected chi connectivity index (χ1v) is 5.64. The minimum absolute atomic E-state index is 0.0473. The third-order valence-corrected chi connectivity index (χ3v) is 2.92. The van der Waals surface area contributed by atoms with Crippen LogP contribution in [0.3, 0.4) is 0 Å². The second-order valence-electron chi connectivity index (χ2n) is 4.07. The van der Waals surface area contributed by atoms with Crippen molar-refractivity contribution in [2.75, 3.05) is 0 Å². The molecule has 1 heterocycles. The average molecular weight is 272 g/mol. The first kappa shape index (κ1) is 12.0. The molecule has 0 saturated heterocycles. The van der Waals surface area contributed by atoms with Crippen molar-refractivity contribution in [3.63, 3.8) is 0 Å². The molecule has 0 aromatic heterocycles. The van der Waals surface area contributed by atoms with E-state index in [2.05, 4.69) is 0 Å². The summed E-state index contributed by atoms with van der Waals surface area (Å²) in [6, 6.07) is 5.15. The van der Waals surface area contributed by atoms with Crippen LogP contribution in [0.5, 0.6) is 0 Å². The summed E-state index contributed by atoms with van der Waals surface area (Å²) in [7, 11) is 0. The van der Waals surface area contributed by atoms with E-state index >= 15 is 0 Å². The molecule has 0 aromatic carbocycles. The van der Waals surface area contributed by atoms with Crippen molar-refractivity contribution in [2.45, 2.75) is 0 Å². The van der Waals surface area contributed by atoms with Gasteiger partial charge in [0.2, 0.25) is 0 Å². The largest absolute Gasteiger partial charge is 0.515 e. The molecule has 2 aliphatic carbocycles. The van der Waals surface area contributed by atoms with Crippen LogP contribution in [0.4, 0.5) is 0 Å². The monoisotopic (exact) mass is 272 g/mol. The van der Waals surface area contributed by atoms with Gasteiger partial charge in [0.15, 0.2) is 32.5 Å². The fourth-order valence-corrected chi connectivity index (χ4v) is 1.96. The van der Waals surface area contributed by atoms with Gasteiger partial charge in [0, 0.05) is 0 Å². The van der Waals surface area contributed by atoms with E-state index in [1.807, 2.05) is 0 Å². The Hall–Kier alpha value is -3.02. The highest BCUT2D eigenvalue weighted by molar-refractivity contribution is 5.18. The summed E-state index contributed by atoms with van der Waals surface area (Å²) < 4.78 is 11.0. The molecule has 100 valence electrons. The zero-order valence-corrected chi connectivity index (χ0v) is 9.99. The Morgan fingerprint density at radius 3 is 1.50 bits per heavy atom. The maximum atomic E-state index is 11.6. The first-order valence-electron chi connectivity index (χ1n) is 5.64. The molecule has 0 fully saturated rings. The summed E-state index contributed by atoms with van der Waals surface area (Å²) >= 11 is 0. The van der Waals surface area contributed by atoms with Crippen LogP contribution in [0.1, 0.15) is 0 Å². The highest BCUT2D eigenvalue weighted by Gasteiger charge is 2.04. The van der Waals surface area contributed by atoms with Crippen LogP contribution in [0.25, 0.3) is 12.5 Å². The molecule has 3 rings (SSSR count). The Morgan fingerprint density at radius 2 is 1.15 bits per heavy atom. The van der Waals surface area contributed by atoms with Crippen molar-refractivity contribution in [2.24, 2.45) is 0 Å². The van der Waals surface area contributed by atoms with Gasteiger partial charge in [-0.1, -0.05) is 0 Å². The zero-order valence-electron chi connectivity index (χ0n) is 9.99. The van der Waals surface area contributed by atoms with E-state index < -0.39 is 10.9 Å². The molecule has 1 aliphatic heterocycles. The van der Waals surface area contributed by atoms with Crippen molar-refractivity contribution in [1.29, 1.82) is 0 Å². The Balaban J connectivity index is 2.77. The van der Waals surface area contributed by atoms with Crippen LogP contribution in [0.2, 0.25) is 0 Å². The summed E-state index contributed by atoms with van der Waals surface area (Å²) in [5.74, 6) is 0. The molecule has 0 spiro atoms. The van der Waals surface area contributed by atoms with E-state index in [9.17, 15) is 9.59 Å². The lowest BCUT2D eigenvalue weighted by Gasteiger charge is -1.96. The van der Waals surface area contributed by atoms with Crippen LogP contribution in [0, 0.1) is 21.7 Å². The summed E-state index contributed by atoms with van der Waals surface area (Å²) in [6.45, 7) is 0. The Kier molecular flexibility index (Phi) is 2.57. The van der Waals surface area contributed by atoms with Crippen molar-refractivity contribution >= 4 is 12.5 Å². The van der Waals surface area contributed by atoms with Gasteiger partial charge in [-0.25, -0.2) is 0 Å². The molecule has 0 unspecified atom stereocenters. The lowest BCUT2D eigenvalue weighted by molar-refractivity contribution is 0.372. The number of hydrogen-bond acceptors (Lipinski definition) is 6. The van der Waals surface area contributed by atoms with Gasteiger partial charge in [-0.3, -0.25) is 9.59 Å². The third-order valence-electron chi connectivity index (χ3n) is 2.92. The predicted molar refractivity (Wildman–Crippen MR) is 67.6 cm³/mol. The standard InChI is InChI=1S/C14H8O6/c15-5-7-9(17)1-3-11-13(7)20-12-4-2-10(18)8(6-16)14(12)19-11/h1-6,15-16H/b7-5+,8-6+. The van der Waals surface area contributed by atoms with Crippen molar-refractivity contribution in [1.82, 2.24) is 0 Å². The molecule has 6 heteroatoms. The van der Waals surface area contributed by atoms with Gasteiger partial charge >= 0.3 is 0 Å². The zero-order chi connectivity index (χ0) is 14.3. The van der Waals surface area contributed by atoms with Crippen LogP contribution < -0.4 is 21.3 Å². The highest BCUT2D eigenvalue weighted by atomic mass is 16.4. The van der Waals surface area contributed by atoms with Gasteiger partial charge < -0.3 is 19.0 Å². The number of aliphatic hydroxyl groups is 2. The molecular weight excluding hydrogens is 264 g/mol. The molecule has 20 heavy (non-hydrogen) atoms. The van der Waals surface area contributed by atoms with Gasteiger partial charge in [-0.15, -0.1) is 0 Å². The van der Waals surface area contributed by atoms with E-state index in [1.165, 1.54) is 24.3 Å². The second kappa shape index (κ2) is 4.27. The molecule has 2 N–H and O–H groups in total. The number of hydrogen-bond donors (Lipinski definition) is 2. The smallest absolute Gasteiger partial charge is 0.192 e. The van der Waals surface area contributed by atoms with Crippen LogP contribution in [-0.4, -0.2) is 10.2 Å². The summed E-state index contributed by atoms with van der Waals surface area (Å²) in [6.07, 6.45) is 1.27. The number of rotatable bonds is 0. The molecule has 0 saturated carbocycles. The first-order chi connectivity index (χ1) is 9.65. The van der Waals surface area contributed by atoms with E-state index in [1.54, 1.807) is 0 Å². The molecule has 0 atom stereocenters. The van der Waals surface area contributed by atoms with Crippen LogP contribution >= 0.6 is 0 Å². The maximum Gasteiger partial charge on any atom is 0.192 e. The van der Waals surface area contributed by atoms with E-state index in [-0.39, 0.29) is 32.1 Å². The predicted octanol–water partition coefficient (Wildman–Crippen LogP) is -0.365. The van der Waals surface area contributed by atoms with Gasteiger partial charge in [-0.2, -0.15) is 0 Å². The van der Waals surface area contributed by atoms with Gasteiger partial charge in [0.1, 0.15) is 10.4 Å². The van der Waals surface area contributed by atoms with Crippen molar-refractivity contribution in [3.8, 4) is 0 Å². The van der Waals surface area contributed by atoms with Crippen molar-refractivity contribution < 1.29 is 19.0 Å². The van der Waals surface area contributed by atoms with E-state index in [4.69, 9.17) is 19.0 Å². The lowest BCUT2D eigenvalue weighted by Crippen LogP contribution is -2.27. The molecule has 0 amide bonds. The van der Waals surface area contributed by atoms with E-state index in [0.717, 1.165) is 0 Å². The number of aliphatic hydroxyl groups excluding tert-OH is 2. The normalized spacial score (nSPS) is 13.4. The quantitative estimate of drug-likeness (QED) is 0.579. The summed E-state index contributed by atoms with van der Waals surface area (Å²) in [5, 5.41) is 18.1. The van der Waals surface area contributed by atoms with Crippen LogP contribution in [-0.2, 0) is 0 Å².